The Hall–Kier alpha value is -1.71. The Bertz CT molecular complexity index is 603. The molecule has 0 aromatic heterocycles. The van der Waals surface area contributed by atoms with Gasteiger partial charge in [0.1, 0.15) is 5.75 Å². The van der Waals surface area contributed by atoms with Crippen LogP contribution in [-0.4, -0.2) is 25.7 Å². The van der Waals surface area contributed by atoms with Crippen LogP contribution in [0.2, 0.25) is 0 Å². The zero-order chi connectivity index (χ0) is 16.5. The molecule has 0 radical (unpaired) electrons. The van der Waals surface area contributed by atoms with Crippen molar-refractivity contribution in [2.45, 2.75) is 44.6 Å². The molecule has 0 unspecified atom stereocenters. The van der Waals surface area contributed by atoms with Gasteiger partial charge in [0.2, 0.25) is 0 Å². The molecule has 4 nitrogen and oxygen atoms in total. The van der Waals surface area contributed by atoms with Gasteiger partial charge in [-0.25, -0.2) is 4.79 Å². The lowest BCUT2D eigenvalue weighted by Gasteiger charge is -2.32. The van der Waals surface area contributed by atoms with Crippen molar-refractivity contribution in [1.82, 2.24) is 10.6 Å². The Morgan fingerprint density at radius 1 is 1.17 bits per heavy atom. The van der Waals surface area contributed by atoms with E-state index in [1.807, 2.05) is 18.2 Å². The Morgan fingerprint density at radius 2 is 2.00 bits per heavy atom. The molecule has 0 heterocycles. The summed E-state index contributed by atoms with van der Waals surface area (Å²) in [6.45, 7) is 0.638. The van der Waals surface area contributed by atoms with Crippen molar-refractivity contribution >= 4 is 6.03 Å². The maximum absolute atomic E-state index is 12.3. The SMILES string of the molecule is COc1ccccc1CCNC(=O)N[C@@H]1C[C@H]2C[C@H]1[C@H]1CCC[C@H]21. The maximum atomic E-state index is 12.3. The fourth-order valence-corrected chi connectivity index (χ4v) is 5.67. The van der Waals surface area contributed by atoms with Gasteiger partial charge in [0.25, 0.3) is 0 Å². The number of benzene rings is 1. The van der Waals surface area contributed by atoms with Crippen LogP contribution in [0.4, 0.5) is 4.79 Å². The quantitative estimate of drug-likeness (QED) is 0.871. The lowest BCUT2D eigenvalue weighted by molar-refractivity contribution is 0.198. The Morgan fingerprint density at radius 3 is 2.88 bits per heavy atom. The molecular formula is C20H28N2O2. The molecule has 4 heteroatoms. The second-order valence-corrected chi connectivity index (χ2v) is 7.72. The van der Waals surface area contributed by atoms with E-state index in [9.17, 15) is 4.79 Å². The number of para-hydroxylation sites is 1. The van der Waals surface area contributed by atoms with E-state index in [1.165, 1.54) is 32.1 Å². The molecule has 1 aromatic carbocycles. The average Bonchev–Trinajstić information content (AvgIpc) is 3.28. The summed E-state index contributed by atoms with van der Waals surface area (Å²) in [5.74, 6) is 4.37. The molecule has 1 aromatic rings. The minimum atomic E-state index is -0.00278. The number of ether oxygens (including phenoxy) is 1. The van der Waals surface area contributed by atoms with Crippen molar-refractivity contribution in [2.75, 3.05) is 13.7 Å². The van der Waals surface area contributed by atoms with Gasteiger partial charge < -0.3 is 15.4 Å². The summed E-state index contributed by atoms with van der Waals surface area (Å²) in [4.78, 5) is 12.3. The largest absolute Gasteiger partial charge is 0.496 e. The average molecular weight is 328 g/mol. The highest BCUT2D eigenvalue weighted by molar-refractivity contribution is 5.74. The number of hydrogen-bond donors (Lipinski definition) is 2. The smallest absolute Gasteiger partial charge is 0.315 e. The van der Waals surface area contributed by atoms with E-state index in [2.05, 4.69) is 16.7 Å². The standard InChI is InChI=1S/C20H28N2O2/c1-24-19-8-3-2-5-13(19)9-10-21-20(23)22-18-12-14-11-17(18)16-7-4-6-15(14)16/h2-3,5,8,14-18H,4,6-7,9-12H2,1H3,(H2,21,22,23)/t14-,15-,16+,17+,18-/m1/s1. The van der Waals surface area contributed by atoms with E-state index < -0.39 is 0 Å². The molecule has 0 saturated heterocycles. The Balaban J connectivity index is 1.25. The minimum Gasteiger partial charge on any atom is -0.496 e. The highest BCUT2D eigenvalue weighted by atomic mass is 16.5. The van der Waals surface area contributed by atoms with Gasteiger partial charge >= 0.3 is 6.03 Å². The van der Waals surface area contributed by atoms with Gasteiger partial charge in [-0.1, -0.05) is 24.6 Å². The van der Waals surface area contributed by atoms with E-state index in [4.69, 9.17) is 4.74 Å². The summed E-state index contributed by atoms with van der Waals surface area (Å²) in [7, 11) is 1.68. The zero-order valence-electron chi connectivity index (χ0n) is 14.5. The number of amides is 2. The van der Waals surface area contributed by atoms with Gasteiger partial charge in [0, 0.05) is 12.6 Å². The predicted octanol–water partition coefficient (Wildman–Crippen LogP) is 3.36. The number of fused-ring (bicyclic) bond motifs is 5. The molecule has 3 aliphatic carbocycles. The maximum Gasteiger partial charge on any atom is 0.315 e. The predicted molar refractivity (Wildman–Crippen MR) is 94.1 cm³/mol. The van der Waals surface area contributed by atoms with Crippen LogP contribution in [0.1, 0.15) is 37.7 Å². The van der Waals surface area contributed by atoms with Crippen LogP contribution in [0.3, 0.4) is 0 Å². The highest BCUT2D eigenvalue weighted by Gasteiger charge is 2.53. The normalized spacial score (nSPS) is 33.3. The minimum absolute atomic E-state index is 0.00278. The van der Waals surface area contributed by atoms with Crippen LogP contribution >= 0.6 is 0 Å². The van der Waals surface area contributed by atoms with E-state index in [0.717, 1.165) is 41.4 Å². The molecule has 24 heavy (non-hydrogen) atoms. The van der Waals surface area contributed by atoms with Crippen LogP contribution in [0, 0.1) is 23.7 Å². The zero-order valence-corrected chi connectivity index (χ0v) is 14.5. The summed E-state index contributed by atoms with van der Waals surface area (Å²) in [5, 5.41) is 6.28. The molecule has 4 rings (SSSR count). The molecule has 2 N–H and O–H groups in total. The molecule has 0 spiro atoms. The summed E-state index contributed by atoms with van der Waals surface area (Å²) in [6.07, 6.45) is 7.56. The number of rotatable bonds is 5. The number of nitrogens with one attached hydrogen (secondary N) is 2. The molecule has 3 saturated carbocycles. The monoisotopic (exact) mass is 328 g/mol. The number of methoxy groups -OCH3 is 1. The molecule has 3 fully saturated rings. The van der Waals surface area contributed by atoms with Crippen LogP contribution in [0.25, 0.3) is 0 Å². The first-order valence-corrected chi connectivity index (χ1v) is 9.42. The third-order valence-corrected chi connectivity index (χ3v) is 6.62. The van der Waals surface area contributed by atoms with Crippen molar-refractivity contribution in [3.63, 3.8) is 0 Å². The van der Waals surface area contributed by atoms with Crippen molar-refractivity contribution in [3.05, 3.63) is 29.8 Å². The summed E-state index contributed by atoms with van der Waals surface area (Å²) >= 11 is 0. The van der Waals surface area contributed by atoms with Crippen molar-refractivity contribution in [2.24, 2.45) is 23.7 Å². The second-order valence-electron chi connectivity index (χ2n) is 7.72. The first-order chi connectivity index (χ1) is 11.8. The molecular weight excluding hydrogens is 300 g/mol. The summed E-state index contributed by atoms with van der Waals surface area (Å²) in [6, 6.07) is 8.38. The lowest BCUT2D eigenvalue weighted by atomic mass is 9.79. The van der Waals surface area contributed by atoms with E-state index in [1.54, 1.807) is 7.11 Å². The van der Waals surface area contributed by atoms with E-state index in [0.29, 0.717) is 12.6 Å². The van der Waals surface area contributed by atoms with Gasteiger partial charge in [-0.05, 0) is 67.4 Å². The fraction of sp³-hybridized carbons (Fsp3) is 0.650. The van der Waals surface area contributed by atoms with Gasteiger partial charge in [-0.2, -0.15) is 0 Å². The highest BCUT2D eigenvalue weighted by Crippen LogP contribution is 2.58. The summed E-state index contributed by atoms with van der Waals surface area (Å²) in [5.41, 5.74) is 1.13. The Kier molecular flexibility index (Phi) is 4.38. The lowest BCUT2D eigenvalue weighted by Crippen LogP contribution is -2.47. The molecule has 3 aliphatic rings. The topological polar surface area (TPSA) is 50.4 Å². The van der Waals surface area contributed by atoms with Crippen LogP contribution in [-0.2, 0) is 6.42 Å². The van der Waals surface area contributed by atoms with Gasteiger partial charge in [-0.15, -0.1) is 0 Å². The van der Waals surface area contributed by atoms with Crippen molar-refractivity contribution in [3.8, 4) is 5.75 Å². The third kappa shape index (κ3) is 2.87. The first-order valence-electron chi connectivity index (χ1n) is 9.42. The molecule has 5 atom stereocenters. The van der Waals surface area contributed by atoms with E-state index in [-0.39, 0.29) is 6.03 Å². The van der Waals surface area contributed by atoms with Crippen molar-refractivity contribution < 1.29 is 9.53 Å². The van der Waals surface area contributed by atoms with Gasteiger partial charge in [-0.3, -0.25) is 0 Å². The Labute approximate surface area is 144 Å². The molecule has 2 amide bonds. The van der Waals surface area contributed by atoms with Crippen LogP contribution in [0.15, 0.2) is 24.3 Å². The molecule has 130 valence electrons. The van der Waals surface area contributed by atoms with Crippen LogP contribution < -0.4 is 15.4 Å². The van der Waals surface area contributed by atoms with Crippen molar-refractivity contribution in [1.29, 1.82) is 0 Å². The fourth-order valence-electron chi connectivity index (χ4n) is 5.67. The van der Waals surface area contributed by atoms with Gasteiger partial charge in [0.05, 0.1) is 7.11 Å². The molecule has 2 bridgehead atoms. The number of urea groups is 1. The van der Waals surface area contributed by atoms with E-state index >= 15 is 0 Å². The third-order valence-electron chi connectivity index (χ3n) is 6.62. The number of carbonyl (C=O) groups is 1. The van der Waals surface area contributed by atoms with Gasteiger partial charge in [0.15, 0.2) is 0 Å². The molecule has 0 aliphatic heterocycles. The number of carbonyl (C=O) groups excluding carboxylic acids is 1. The number of hydrogen-bond acceptors (Lipinski definition) is 2. The van der Waals surface area contributed by atoms with Crippen LogP contribution in [0.5, 0.6) is 5.75 Å². The first kappa shape index (κ1) is 15.8. The second kappa shape index (κ2) is 6.66. The summed E-state index contributed by atoms with van der Waals surface area (Å²) < 4.78 is 5.36.